The highest BCUT2D eigenvalue weighted by Crippen LogP contribution is 2.29. The molecule has 2 aromatic heterocycles. The fourth-order valence-electron chi connectivity index (χ4n) is 4.38. The molecule has 10 nitrogen and oxygen atoms in total. The first kappa shape index (κ1) is 25.0. The normalized spacial score (nSPS) is 17.0. The van der Waals surface area contributed by atoms with Crippen molar-refractivity contribution < 1.29 is 23.5 Å². The molecule has 3 aromatic rings. The highest BCUT2D eigenvalue weighted by atomic mass is 16.5. The van der Waals surface area contributed by atoms with E-state index in [0.717, 1.165) is 17.1 Å². The lowest BCUT2D eigenvalue weighted by Crippen LogP contribution is -2.64. The van der Waals surface area contributed by atoms with Gasteiger partial charge >= 0.3 is 0 Å². The number of amides is 3. The first-order chi connectivity index (χ1) is 17.3. The third kappa shape index (κ3) is 4.84. The van der Waals surface area contributed by atoms with E-state index in [1.54, 1.807) is 29.6 Å². The van der Waals surface area contributed by atoms with Gasteiger partial charge in [-0.1, -0.05) is 19.1 Å². The number of carbonyl (C=O) groups is 3. The van der Waals surface area contributed by atoms with Crippen molar-refractivity contribution in [2.75, 3.05) is 13.7 Å². The lowest BCUT2D eigenvalue weighted by atomic mass is 9.94. The van der Waals surface area contributed by atoms with Gasteiger partial charge in [-0.05, 0) is 50.1 Å². The van der Waals surface area contributed by atoms with E-state index in [0.29, 0.717) is 25.3 Å². The maximum Gasteiger partial charge on any atom is 0.273 e. The zero-order chi connectivity index (χ0) is 25.9. The van der Waals surface area contributed by atoms with Crippen LogP contribution in [0.1, 0.15) is 58.3 Å². The lowest BCUT2D eigenvalue weighted by molar-refractivity contribution is -0.133. The molecule has 0 bridgehead atoms. The van der Waals surface area contributed by atoms with E-state index in [4.69, 9.17) is 9.15 Å². The van der Waals surface area contributed by atoms with E-state index < -0.39 is 17.4 Å². The number of hydrogen-bond acceptors (Lipinski definition) is 6. The van der Waals surface area contributed by atoms with Crippen LogP contribution in [0, 0.1) is 6.92 Å². The average molecular weight is 494 g/mol. The summed E-state index contributed by atoms with van der Waals surface area (Å²) in [6.45, 7) is 6.53. The van der Waals surface area contributed by atoms with E-state index >= 15 is 0 Å². The minimum absolute atomic E-state index is 0.0325. The number of carbonyl (C=O) groups excluding carboxylic acids is 3. The SMILES string of the molecule is CCCN1C(=O)c2c(C(=O)NCc3ccc(C)o3)ncn2CC1(C)C(=O)NCc1ccc(OC)cc1. The summed E-state index contributed by atoms with van der Waals surface area (Å²) in [5, 5.41) is 5.71. The molecule has 0 spiro atoms. The monoisotopic (exact) mass is 493 g/mol. The van der Waals surface area contributed by atoms with Crippen LogP contribution in [0.3, 0.4) is 0 Å². The minimum atomic E-state index is -1.15. The third-order valence-corrected chi connectivity index (χ3v) is 6.34. The maximum absolute atomic E-state index is 13.6. The van der Waals surface area contributed by atoms with Crippen molar-refractivity contribution in [3.8, 4) is 5.75 Å². The summed E-state index contributed by atoms with van der Waals surface area (Å²) in [6, 6.07) is 11.0. The summed E-state index contributed by atoms with van der Waals surface area (Å²) >= 11 is 0. The van der Waals surface area contributed by atoms with Gasteiger partial charge in [0.15, 0.2) is 5.69 Å². The van der Waals surface area contributed by atoms with Crippen molar-refractivity contribution in [3.63, 3.8) is 0 Å². The van der Waals surface area contributed by atoms with Crippen LogP contribution in [0.4, 0.5) is 0 Å². The number of furan rings is 1. The Morgan fingerprint density at radius 1 is 1.14 bits per heavy atom. The molecule has 1 atom stereocenters. The van der Waals surface area contributed by atoms with Gasteiger partial charge in [-0.2, -0.15) is 0 Å². The van der Waals surface area contributed by atoms with Crippen LogP contribution in [-0.2, 0) is 24.4 Å². The number of nitrogens with one attached hydrogen (secondary N) is 2. The molecule has 1 aliphatic rings. The van der Waals surface area contributed by atoms with E-state index in [9.17, 15) is 14.4 Å². The van der Waals surface area contributed by atoms with Gasteiger partial charge in [0, 0.05) is 13.1 Å². The largest absolute Gasteiger partial charge is 0.497 e. The lowest BCUT2D eigenvalue weighted by Gasteiger charge is -2.43. The van der Waals surface area contributed by atoms with Crippen LogP contribution >= 0.6 is 0 Å². The van der Waals surface area contributed by atoms with Crippen LogP contribution in [0.2, 0.25) is 0 Å². The van der Waals surface area contributed by atoms with Crippen LogP contribution in [-0.4, -0.2) is 51.4 Å². The fourth-order valence-corrected chi connectivity index (χ4v) is 4.38. The molecular weight excluding hydrogens is 462 g/mol. The number of aromatic nitrogens is 2. The molecule has 190 valence electrons. The average Bonchev–Trinajstić information content (AvgIpc) is 3.49. The number of benzene rings is 1. The molecule has 0 radical (unpaired) electrons. The number of imidazole rings is 1. The zero-order valence-corrected chi connectivity index (χ0v) is 21.0. The van der Waals surface area contributed by atoms with Gasteiger partial charge in [0.05, 0.1) is 26.5 Å². The Bertz CT molecular complexity index is 1260. The molecule has 3 heterocycles. The Morgan fingerprint density at radius 3 is 2.53 bits per heavy atom. The summed E-state index contributed by atoms with van der Waals surface area (Å²) in [5.74, 6) is 0.925. The number of methoxy groups -OCH3 is 1. The summed E-state index contributed by atoms with van der Waals surface area (Å²) < 4.78 is 12.3. The molecule has 2 N–H and O–H groups in total. The topological polar surface area (TPSA) is 119 Å². The molecule has 4 rings (SSSR count). The minimum Gasteiger partial charge on any atom is -0.497 e. The first-order valence-electron chi connectivity index (χ1n) is 11.9. The summed E-state index contributed by atoms with van der Waals surface area (Å²) in [5.41, 5.74) is -0.0276. The number of ether oxygens (including phenoxy) is 1. The van der Waals surface area contributed by atoms with Crippen molar-refractivity contribution in [1.82, 2.24) is 25.1 Å². The molecule has 1 aliphatic heterocycles. The molecule has 0 fully saturated rings. The first-order valence-corrected chi connectivity index (χ1v) is 11.9. The second-order valence-electron chi connectivity index (χ2n) is 9.03. The summed E-state index contributed by atoms with van der Waals surface area (Å²) in [4.78, 5) is 45.7. The quantitative estimate of drug-likeness (QED) is 0.473. The van der Waals surface area contributed by atoms with Crippen LogP contribution in [0.5, 0.6) is 5.75 Å². The van der Waals surface area contributed by atoms with Gasteiger partial charge < -0.3 is 29.3 Å². The fraction of sp³-hybridized carbons (Fsp3) is 0.385. The maximum atomic E-state index is 13.6. The Labute approximate surface area is 209 Å². The number of aryl methyl sites for hydroxylation is 1. The second-order valence-corrected chi connectivity index (χ2v) is 9.03. The highest BCUT2D eigenvalue weighted by Gasteiger charge is 2.48. The predicted molar refractivity (Wildman–Crippen MR) is 131 cm³/mol. The Hall–Kier alpha value is -4.08. The molecule has 0 saturated heterocycles. The van der Waals surface area contributed by atoms with Gasteiger partial charge in [-0.15, -0.1) is 0 Å². The van der Waals surface area contributed by atoms with Gasteiger partial charge in [0.2, 0.25) is 5.91 Å². The molecule has 0 saturated carbocycles. The van der Waals surface area contributed by atoms with Gasteiger partial charge in [0.1, 0.15) is 28.5 Å². The van der Waals surface area contributed by atoms with Crippen LogP contribution < -0.4 is 15.4 Å². The number of rotatable bonds is 9. The number of fused-ring (bicyclic) bond motifs is 1. The standard InChI is InChI=1S/C26H31N5O5/c1-5-12-31-24(33)22-21(23(32)27-14-20-9-6-17(2)36-20)29-16-30(22)15-26(31,3)25(34)28-13-18-7-10-19(35-4)11-8-18/h6-11,16H,5,12-15H2,1-4H3,(H,27,32)(H,28,34). The molecule has 0 aliphatic carbocycles. The van der Waals surface area contributed by atoms with E-state index in [1.807, 2.05) is 44.2 Å². The smallest absolute Gasteiger partial charge is 0.273 e. The Morgan fingerprint density at radius 2 is 1.89 bits per heavy atom. The van der Waals surface area contributed by atoms with Gasteiger partial charge in [-0.25, -0.2) is 4.98 Å². The molecular formula is C26H31N5O5. The number of hydrogen-bond donors (Lipinski definition) is 2. The van der Waals surface area contributed by atoms with Crippen molar-refractivity contribution in [1.29, 1.82) is 0 Å². The highest BCUT2D eigenvalue weighted by molar-refractivity contribution is 6.07. The Balaban J connectivity index is 1.52. The van der Waals surface area contributed by atoms with E-state index in [1.165, 1.54) is 6.33 Å². The zero-order valence-electron chi connectivity index (χ0n) is 21.0. The number of nitrogens with zero attached hydrogens (tertiary/aromatic N) is 3. The van der Waals surface area contributed by atoms with Gasteiger partial charge in [0.25, 0.3) is 11.8 Å². The van der Waals surface area contributed by atoms with Crippen molar-refractivity contribution in [2.24, 2.45) is 0 Å². The third-order valence-electron chi connectivity index (χ3n) is 6.34. The molecule has 36 heavy (non-hydrogen) atoms. The van der Waals surface area contributed by atoms with Crippen molar-refractivity contribution in [3.05, 3.63) is 71.2 Å². The van der Waals surface area contributed by atoms with Crippen LogP contribution in [0.15, 0.2) is 47.1 Å². The predicted octanol–water partition coefficient (Wildman–Crippen LogP) is 2.66. The van der Waals surface area contributed by atoms with E-state index in [2.05, 4.69) is 15.6 Å². The second kappa shape index (κ2) is 10.3. The molecule has 10 heteroatoms. The summed E-state index contributed by atoms with van der Waals surface area (Å²) in [7, 11) is 1.60. The molecule has 1 unspecified atom stereocenters. The molecule has 1 aromatic carbocycles. The Kier molecular flexibility index (Phi) is 7.14. The van der Waals surface area contributed by atoms with Crippen molar-refractivity contribution >= 4 is 17.7 Å². The van der Waals surface area contributed by atoms with Crippen molar-refractivity contribution in [2.45, 2.75) is 52.4 Å². The summed E-state index contributed by atoms with van der Waals surface area (Å²) in [6.07, 6.45) is 2.10. The van der Waals surface area contributed by atoms with Crippen LogP contribution in [0.25, 0.3) is 0 Å². The van der Waals surface area contributed by atoms with Gasteiger partial charge in [-0.3, -0.25) is 14.4 Å². The molecule has 3 amide bonds. The van der Waals surface area contributed by atoms with E-state index in [-0.39, 0.29) is 30.4 Å².